The van der Waals surface area contributed by atoms with Gasteiger partial charge in [-0.1, -0.05) is 13.8 Å². The number of aromatic nitrogens is 2. The van der Waals surface area contributed by atoms with E-state index in [2.05, 4.69) is 39.4 Å². The molecule has 0 unspecified atom stereocenters. The molecule has 2 N–H and O–H groups in total. The van der Waals surface area contributed by atoms with Crippen LogP contribution in [0.1, 0.15) is 41.2 Å². The molecule has 0 aromatic carbocycles. The number of nitrogens with zero attached hydrogens (tertiary/aromatic N) is 3. The van der Waals surface area contributed by atoms with Crippen LogP contribution in [0.5, 0.6) is 0 Å². The normalized spacial score (nSPS) is 12.7. The van der Waals surface area contributed by atoms with Crippen molar-refractivity contribution in [3.63, 3.8) is 0 Å². The minimum Gasteiger partial charge on any atom is -0.356 e. The van der Waals surface area contributed by atoms with Gasteiger partial charge >= 0.3 is 6.18 Å². The quantitative estimate of drug-likeness (QED) is 0.583. The maximum Gasteiger partial charge on any atom is 0.434 e. The smallest absolute Gasteiger partial charge is 0.356 e. The van der Waals surface area contributed by atoms with Crippen molar-refractivity contribution in [3.8, 4) is 0 Å². The highest BCUT2D eigenvalue weighted by atomic mass is 32.1. The van der Waals surface area contributed by atoms with Gasteiger partial charge in [-0.15, -0.1) is 22.7 Å². The molecule has 0 spiro atoms. The molecule has 2 rings (SSSR count). The van der Waals surface area contributed by atoms with E-state index >= 15 is 0 Å². The third-order valence-electron chi connectivity index (χ3n) is 3.21. The van der Waals surface area contributed by atoms with Gasteiger partial charge in [-0.2, -0.15) is 13.2 Å². The first-order valence-corrected chi connectivity index (χ1v) is 9.46. The summed E-state index contributed by atoms with van der Waals surface area (Å²) in [5.41, 5.74) is 0.160. The van der Waals surface area contributed by atoms with Gasteiger partial charge in [-0.25, -0.2) is 9.97 Å². The van der Waals surface area contributed by atoms with E-state index in [0.717, 1.165) is 33.8 Å². The molecule has 0 radical (unpaired) electrons. The van der Waals surface area contributed by atoms with E-state index in [4.69, 9.17) is 0 Å². The van der Waals surface area contributed by atoms with Gasteiger partial charge in [-0.05, 0) is 0 Å². The SMILES string of the molecule is CN=C(NCCc1csc(C(C)C)n1)NCc1nc(C(F)(F)F)cs1. The predicted octanol–water partition coefficient (Wildman–Crippen LogP) is 3.65. The maximum atomic E-state index is 12.5. The number of rotatable bonds is 6. The lowest BCUT2D eigenvalue weighted by atomic mass is 10.2. The lowest BCUT2D eigenvalue weighted by Crippen LogP contribution is -2.37. The third kappa shape index (κ3) is 5.96. The van der Waals surface area contributed by atoms with Crippen LogP contribution >= 0.6 is 22.7 Å². The Morgan fingerprint density at radius 3 is 2.52 bits per heavy atom. The van der Waals surface area contributed by atoms with E-state index < -0.39 is 11.9 Å². The van der Waals surface area contributed by atoms with E-state index in [9.17, 15) is 13.2 Å². The first-order chi connectivity index (χ1) is 11.8. The molecule has 0 aliphatic carbocycles. The Hall–Kier alpha value is -1.68. The summed E-state index contributed by atoms with van der Waals surface area (Å²) in [5.74, 6) is 0.934. The molecule has 0 fully saturated rings. The zero-order valence-electron chi connectivity index (χ0n) is 14.1. The average Bonchev–Trinajstić information content (AvgIpc) is 3.19. The summed E-state index contributed by atoms with van der Waals surface area (Å²) in [7, 11) is 1.61. The number of aliphatic imine (C=N–C) groups is 1. The third-order valence-corrected chi connectivity index (χ3v) is 5.25. The van der Waals surface area contributed by atoms with Crippen molar-refractivity contribution in [2.45, 2.75) is 38.9 Å². The summed E-state index contributed by atoms with van der Waals surface area (Å²) in [6, 6.07) is 0. The van der Waals surface area contributed by atoms with Crippen LogP contribution in [0.15, 0.2) is 15.8 Å². The van der Waals surface area contributed by atoms with Crippen LogP contribution in [0.25, 0.3) is 0 Å². The van der Waals surface area contributed by atoms with Crippen LogP contribution in [-0.2, 0) is 19.1 Å². The fraction of sp³-hybridized carbons (Fsp3) is 0.533. The highest BCUT2D eigenvalue weighted by Crippen LogP contribution is 2.29. The highest BCUT2D eigenvalue weighted by Gasteiger charge is 2.33. The van der Waals surface area contributed by atoms with Gasteiger partial charge < -0.3 is 10.6 Å². The fourth-order valence-electron chi connectivity index (χ4n) is 1.91. The Labute approximate surface area is 152 Å². The summed E-state index contributed by atoms with van der Waals surface area (Å²) in [6.45, 7) is 5.03. The van der Waals surface area contributed by atoms with Gasteiger partial charge in [0, 0.05) is 36.7 Å². The highest BCUT2D eigenvalue weighted by molar-refractivity contribution is 7.10. The number of hydrogen-bond acceptors (Lipinski definition) is 5. The van der Waals surface area contributed by atoms with Crippen LogP contribution in [-0.4, -0.2) is 29.5 Å². The van der Waals surface area contributed by atoms with Crippen LogP contribution < -0.4 is 10.6 Å². The zero-order valence-corrected chi connectivity index (χ0v) is 15.8. The first kappa shape index (κ1) is 19.6. The van der Waals surface area contributed by atoms with E-state index in [1.165, 1.54) is 0 Å². The van der Waals surface area contributed by atoms with Gasteiger partial charge in [-0.3, -0.25) is 4.99 Å². The number of nitrogens with one attached hydrogen (secondary N) is 2. The average molecular weight is 391 g/mol. The Bertz CT molecular complexity index is 706. The number of halogens is 3. The molecule has 0 atom stereocenters. The minimum absolute atomic E-state index is 0.189. The van der Waals surface area contributed by atoms with E-state index in [-0.39, 0.29) is 6.54 Å². The summed E-state index contributed by atoms with van der Waals surface area (Å²) >= 11 is 2.62. The van der Waals surface area contributed by atoms with Gasteiger partial charge in [0.15, 0.2) is 11.7 Å². The van der Waals surface area contributed by atoms with Crippen molar-refractivity contribution in [3.05, 3.63) is 32.2 Å². The molecule has 0 aliphatic rings. The molecular weight excluding hydrogens is 371 g/mol. The van der Waals surface area contributed by atoms with E-state index in [1.54, 1.807) is 18.4 Å². The van der Waals surface area contributed by atoms with Crippen LogP contribution in [0.3, 0.4) is 0 Å². The summed E-state index contributed by atoms with van der Waals surface area (Å²) < 4.78 is 37.6. The molecule has 2 aromatic heterocycles. The van der Waals surface area contributed by atoms with Crippen LogP contribution in [0.2, 0.25) is 0 Å². The molecule has 2 aromatic rings. The van der Waals surface area contributed by atoms with Crippen molar-refractivity contribution in [2.24, 2.45) is 4.99 Å². The largest absolute Gasteiger partial charge is 0.434 e. The predicted molar refractivity (Wildman–Crippen MR) is 95.2 cm³/mol. The van der Waals surface area contributed by atoms with Crippen molar-refractivity contribution in [2.75, 3.05) is 13.6 Å². The summed E-state index contributed by atoms with van der Waals surface area (Å²) in [4.78, 5) is 12.2. The van der Waals surface area contributed by atoms with Crippen molar-refractivity contribution < 1.29 is 13.2 Å². The Morgan fingerprint density at radius 1 is 1.20 bits per heavy atom. The second-order valence-corrected chi connectivity index (χ2v) is 7.39. The molecule has 138 valence electrons. The second kappa shape index (κ2) is 8.61. The van der Waals surface area contributed by atoms with Crippen LogP contribution in [0, 0.1) is 0 Å². The van der Waals surface area contributed by atoms with E-state index in [1.807, 2.05) is 5.38 Å². The molecule has 0 bridgehead atoms. The molecule has 2 heterocycles. The van der Waals surface area contributed by atoms with Gasteiger partial charge in [0.05, 0.1) is 17.2 Å². The minimum atomic E-state index is -4.41. The lowest BCUT2D eigenvalue weighted by molar-refractivity contribution is -0.140. The second-order valence-electron chi connectivity index (χ2n) is 5.56. The number of alkyl halides is 3. The zero-order chi connectivity index (χ0) is 18.4. The van der Waals surface area contributed by atoms with E-state index in [0.29, 0.717) is 23.4 Å². The van der Waals surface area contributed by atoms with Gasteiger partial charge in [0.1, 0.15) is 5.01 Å². The monoisotopic (exact) mass is 391 g/mol. The number of guanidine groups is 1. The molecule has 0 aliphatic heterocycles. The fourth-order valence-corrected chi connectivity index (χ4v) is 3.52. The lowest BCUT2D eigenvalue weighted by Gasteiger charge is -2.10. The summed E-state index contributed by atoms with van der Waals surface area (Å²) in [6.07, 6.45) is -3.66. The van der Waals surface area contributed by atoms with Crippen molar-refractivity contribution >= 4 is 28.6 Å². The topological polar surface area (TPSA) is 62.2 Å². The maximum absolute atomic E-state index is 12.5. The molecule has 0 amide bonds. The molecule has 5 nitrogen and oxygen atoms in total. The van der Waals surface area contributed by atoms with Gasteiger partial charge in [0.25, 0.3) is 0 Å². The Morgan fingerprint density at radius 2 is 1.96 bits per heavy atom. The van der Waals surface area contributed by atoms with Crippen molar-refractivity contribution in [1.29, 1.82) is 0 Å². The number of hydrogen-bond donors (Lipinski definition) is 2. The molecule has 0 saturated heterocycles. The Kier molecular flexibility index (Phi) is 6.77. The molecular formula is C15H20F3N5S2. The summed E-state index contributed by atoms with van der Waals surface area (Å²) in [5, 5.41) is 10.6. The molecule has 25 heavy (non-hydrogen) atoms. The van der Waals surface area contributed by atoms with Crippen LogP contribution in [0.4, 0.5) is 13.2 Å². The van der Waals surface area contributed by atoms with Gasteiger partial charge in [0.2, 0.25) is 0 Å². The van der Waals surface area contributed by atoms with Crippen molar-refractivity contribution in [1.82, 2.24) is 20.6 Å². The Balaban J connectivity index is 1.77. The molecule has 0 saturated carbocycles. The first-order valence-electron chi connectivity index (χ1n) is 7.70. The number of thiazole rings is 2. The standard InChI is InChI=1S/C15H20F3N5S2/c1-9(2)13-22-10(7-25-13)4-5-20-14(19-3)21-6-12-23-11(8-24-12)15(16,17)18/h7-9H,4-6H2,1-3H3,(H2,19,20,21). The molecule has 10 heteroatoms.